The van der Waals surface area contributed by atoms with Gasteiger partial charge in [0.15, 0.2) is 5.75 Å². The summed E-state index contributed by atoms with van der Waals surface area (Å²) in [5.74, 6) is 0.179. The molecule has 0 amide bonds. The molecule has 0 N–H and O–H groups in total. The molecule has 0 unspecified atom stereocenters. The van der Waals surface area contributed by atoms with Crippen LogP contribution in [0.1, 0.15) is 18.3 Å². The highest BCUT2D eigenvalue weighted by Gasteiger charge is 2.18. The van der Waals surface area contributed by atoms with E-state index in [2.05, 4.69) is 21.0 Å². The smallest absolute Gasteiger partial charge is 0.312 e. The number of aryl methyl sites for hydroxylation is 2. The van der Waals surface area contributed by atoms with Crippen molar-refractivity contribution in [3.8, 4) is 5.75 Å². The molecule has 0 spiro atoms. The number of hydrogen-bond donors (Lipinski definition) is 0. The standard InChI is InChI=1S/C13H13BrClN3O3/c1-3-17-11(13(14)8(2)16-17)7-21-12-5-4-9(15)6-10(12)18(19)20/h4-6H,3,7H2,1-2H3. The molecule has 0 saturated carbocycles. The Hall–Kier alpha value is -1.60. The molecule has 0 radical (unpaired) electrons. The Morgan fingerprint density at radius 1 is 1.52 bits per heavy atom. The highest BCUT2D eigenvalue weighted by Crippen LogP contribution is 2.31. The first-order valence-corrected chi connectivity index (χ1v) is 7.39. The lowest BCUT2D eigenvalue weighted by Crippen LogP contribution is -2.07. The van der Waals surface area contributed by atoms with E-state index in [4.69, 9.17) is 16.3 Å². The van der Waals surface area contributed by atoms with Crippen LogP contribution in [-0.2, 0) is 13.2 Å². The lowest BCUT2D eigenvalue weighted by Gasteiger charge is -2.09. The van der Waals surface area contributed by atoms with Crippen LogP contribution in [0.15, 0.2) is 22.7 Å². The first-order chi connectivity index (χ1) is 9.93. The maximum atomic E-state index is 11.0. The predicted octanol–water partition coefficient (Wildman–Crippen LogP) is 4.11. The molecule has 0 atom stereocenters. The zero-order valence-corrected chi connectivity index (χ0v) is 13.8. The summed E-state index contributed by atoms with van der Waals surface area (Å²) in [7, 11) is 0. The van der Waals surface area contributed by atoms with Crippen LogP contribution in [0.2, 0.25) is 5.02 Å². The van der Waals surface area contributed by atoms with Gasteiger partial charge in [0.25, 0.3) is 0 Å². The van der Waals surface area contributed by atoms with Gasteiger partial charge in [0, 0.05) is 17.6 Å². The van der Waals surface area contributed by atoms with E-state index in [0.717, 1.165) is 15.9 Å². The molecule has 0 aliphatic rings. The molecule has 0 aliphatic heterocycles. The van der Waals surface area contributed by atoms with Crippen LogP contribution in [-0.4, -0.2) is 14.7 Å². The van der Waals surface area contributed by atoms with E-state index >= 15 is 0 Å². The maximum absolute atomic E-state index is 11.0. The van der Waals surface area contributed by atoms with Gasteiger partial charge in [-0.2, -0.15) is 5.10 Å². The molecule has 21 heavy (non-hydrogen) atoms. The van der Waals surface area contributed by atoms with Gasteiger partial charge in [-0.15, -0.1) is 0 Å². The van der Waals surface area contributed by atoms with Gasteiger partial charge in [0.05, 0.1) is 20.8 Å². The molecule has 1 heterocycles. The minimum atomic E-state index is -0.515. The van der Waals surface area contributed by atoms with E-state index in [1.807, 2.05) is 13.8 Å². The van der Waals surface area contributed by atoms with Crippen molar-refractivity contribution < 1.29 is 9.66 Å². The molecule has 1 aromatic carbocycles. The summed E-state index contributed by atoms with van der Waals surface area (Å²) in [6.45, 7) is 4.71. The third kappa shape index (κ3) is 3.36. The van der Waals surface area contributed by atoms with Gasteiger partial charge >= 0.3 is 5.69 Å². The third-order valence-electron chi connectivity index (χ3n) is 2.93. The molecule has 112 valence electrons. The van der Waals surface area contributed by atoms with Crippen molar-refractivity contribution in [3.63, 3.8) is 0 Å². The average Bonchev–Trinajstić information content (AvgIpc) is 2.72. The van der Waals surface area contributed by atoms with Gasteiger partial charge in [-0.1, -0.05) is 11.6 Å². The highest BCUT2D eigenvalue weighted by atomic mass is 79.9. The van der Waals surface area contributed by atoms with Crippen molar-refractivity contribution in [1.29, 1.82) is 0 Å². The highest BCUT2D eigenvalue weighted by molar-refractivity contribution is 9.10. The molecule has 1 aromatic heterocycles. The molecule has 2 rings (SSSR count). The normalized spacial score (nSPS) is 10.7. The van der Waals surface area contributed by atoms with E-state index in [1.165, 1.54) is 12.1 Å². The minimum Gasteiger partial charge on any atom is -0.480 e. The molecular formula is C13H13BrClN3O3. The number of nitro benzene ring substituents is 1. The van der Waals surface area contributed by atoms with Crippen molar-refractivity contribution in [1.82, 2.24) is 9.78 Å². The second kappa shape index (κ2) is 6.44. The summed E-state index contributed by atoms with van der Waals surface area (Å²) in [6, 6.07) is 4.32. The summed E-state index contributed by atoms with van der Waals surface area (Å²) in [6.07, 6.45) is 0. The van der Waals surface area contributed by atoms with E-state index in [9.17, 15) is 10.1 Å². The SMILES string of the molecule is CCn1nc(C)c(Br)c1COc1ccc(Cl)cc1[N+](=O)[O-]. The number of rotatable bonds is 5. The largest absolute Gasteiger partial charge is 0.480 e. The zero-order valence-electron chi connectivity index (χ0n) is 11.5. The lowest BCUT2D eigenvalue weighted by atomic mass is 10.3. The van der Waals surface area contributed by atoms with Crippen molar-refractivity contribution in [3.05, 3.63) is 49.2 Å². The Bertz CT molecular complexity index is 688. The fourth-order valence-electron chi connectivity index (χ4n) is 1.91. The van der Waals surface area contributed by atoms with Gasteiger partial charge in [-0.3, -0.25) is 14.8 Å². The van der Waals surface area contributed by atoms with Crippen molar-refractivity contribution in [2.45, 2.75) is 27.0 Å². The van der Waals surface area contributed by atoms with Gasteiger partial charge in [-0.25, -0.2) is 0 Å². The maximum Gasteiger partial charge on any atom is 0.312 e. The fourth-order valence-corrected chi connectivity index (χ4v) is 2.47. The Morgan fingerprint density at radius 2 is 2.24 bits per heavy atom. The summed E-state index contributed by atoms with van der Waals surface area (Å²) in [5.41, 5.74) is 1.53. The van der Waals surface area contributed by atoms with Crippen LogP contribution < -0.4 is 4.74 Å². The Kier molecular flexibility index (Phi) is 4.84. The van der Waals surface area contributed by atoms with Gasteiger partial charge in [0.1, 0.15) is 6.61 Å². The number of nitro groups is 1. The third-order valence-corrected chi connectivity index (χ3v) is 4.20. The number of halogens is 2. The minimum absolute atomic E-state index is 0.155. The van der Waals surface area contributed by atoms with E-state index in [0.29, 0.717) is 11.6 Å². The van der Waals surface area contributed by atoms with Crippen LogP contribution >= 0.6 is 27.5 Å². The van der Waals surface area contributed by atoms with E-state index in [-0.39, 0.29) is 18.0 Å². The molecule has 2 aromatic rings. The number of ether oxygens (including phenoxy) is 1. The second-order valence-electron chi connectivity index (χ2n) is 4.32. The lowest BCUT2D eigenvalue weighted by molar-refractivity contribution is -0.385. The van der Waals surface area contributed by atoms with Crippen LogP contribution in [0, 0.1) is 17.0 Å². The number of hydrogen-bond acceptors (Lipinski definition) is 4. The number of aromatic nitrogens is 2. The van der Waals surface area contributed by atoms with Crippen LogP contribution in [0.4, 0.5) is 5.69 Å². The Balaban J connectivity index is 2.27. The monoisotopic (exact) mass is 373 g/mol. The van der Waals surface area contributed by atoms with Gasteiger partial charge in [0.2, 0.25) is 0 Å². The van der Waals surface area contributed by atoms with E-state index < -0.39 is 4.92 Å². The topological polar surface area (TPSA) is 70.2 Å². The summed E-state index contributed by atoms with van der Waals surface area (Å²) in [5, 5.41) is 15.7. The van der Waals surface area contributed by atoms with Crippen LogP contribution in [0.5, 0.6) is 5.75 Å². The fraction of sp³-hybridized carbons (Fsp3) is 0.308. The Labute approximate surface area is 134 Å². The first kappa shape index (κ1) is 15.8. The van der Waals surface area contributed by atoms with Gasteiger partial charge < -0.3 is 4.74 Å². The molecular weight excluding hydrogens is 362 g/mol. The van der Waals surface area contributed by atoms with Crippen LogP contribution in [0.3, 0.4) is 0 Å². The number of nitrogens with zero attached hydrogens (tertiary/aromatic N) is 3. The molecule has 6 nitrogen and oxygen atoms in total. The molecule has 0 fully saturated rings. The Morgan fingerprint density at radius 3 is 2.86 bits per heavy atom. The molecule has 0 saturated heterocycles. The quantitative estimate of drug-likeness (QED) is 0.583. The van der Waals surface area contributed by atoms with Crippen LogP contribution in [0.25, 0.3) is 0 Å². The van der Waals surface area contributed by atoms with Gasteiger partial charge in [-0.05, 0) is 41.9 Å². The van der Waals surface area contributed by atoms with Crippen molar-refractivity contribution >= 4 is 33.2 Å². The number of benzene rings is 1. The van der Waals surface area contributed by atoms with E-state index in [1.54, 1.807) is 10.7 Å². The van der Waals surface area contributed by atoms with Crippen molar-refractivity contribution in [2.24, 2.45) is 0 Å². The average molecular weight is 375 g/mol. The summed E-state index contributed by atoms with van der Waals surface area (Å²) < 4.78 is 8.23. The van der Waals surface area contributed by atoms with Crippen molar-refractivity contribution in [2.75, 3.05) is 0 Å². The summed E-state index contributed by atoms with van der Waals surface area (Å²) >= 11 is 9.23. The second-order valence-corrected chi connectivity index (χ2v) is 5.55. The summed E-state index contributed by atoms with van der Waals surface area (Å²) in [4.78, 5) is 10.5. The molecule has 0 bridgehead atoms. The first-order valence-electron chi connectivity index (χ1n) is 6.22. The molecule has 0 aliphatic carbocycles. The predicted molar refractivity (Wildman–Crippen MR) is 82.8 cm³/mol. The molecule has 8 heteroatoms. The zero-order chi connectivity index (χ0) is 15.6.